The van der Waals surface area contributed by atoms with Crippen LogP contribution in [0.1, 0.15) is 25.5 Å². The highest BCUT2D eigenvalue weighted by atomic mass is 35.5. The fourth-order valence-electron chi connectivity index (χ4n) is 2.21. The number of halogens is 1. The zero-order chi connectivity index (χ0) is 16.4. The molecule has 0 atom stereocenters. The second-order valence-electron chi connectivity index (χ2n) is 5.63. The van der Waals surface area contributed by atoms with Crippen molar-refractivity contribution in [3.05, 3.63) is 53.4 Å². The first-order valence-electron chi connectivity index (χ1n) is 7.44. The number of para-hydroxylation sites is 1. The average Bonchev–Trinajstić information content (AvgIpc) is 3.01. The van der Waals surface area contributed by atoms with Crippen molar-refractivity contribution >= 4 is 23.2 Å². The maximum absolute atomic E-state index is 6.26. The molecule has 0 radical (unpaired) electrons. The van der Waals surface area contributed by atoms with Crippen LogP contribution in [0.3, 0.4) is 0 Å². The number of nitrogens with zero attached hydrogens (tertiary/aromatic N) is 4. The molecule has 0 spiro atoms. The Morgan fingerprint density at radius 2 is 1.96 bits per heavy atom. The van der Waals surface area contributed by atoms with Crippen molar-refractivity contribution in [3.8, 4) is 11.3 Å². The number of benzene rings is 1. The van der Waals surface area contributed by atoms with E-state index in [1.807, 2.05) is 42.1 Å². The van der Waals surface area contributed by atoms with Crippen molar-refractivity contribution in [2.75, 3.05) is 5.32 Å². The van der Waals surface area contributed by atoms with Gasteiger partial charge in [0.25, 0.3) is 0 Å². The summed E-state index contributed by atoms with van der Waals surface area (Å²) in [5, 5.41) is 8.07. The lowest BCUT2D eigenvalue weighted by atomic mass is 10.2. The molecule has 6 heteroatoms. The molecule has 0 saturated heterocycles. The van der Waals surface area contributed by atoms with Gasteiger partial charge in [-0.2, -0.15) is 5.10 Å². The van der Waals surface area contributed by atoms with Crippen LogP contribution in [0.5, 0.6) is 0 Å². The Labute approximate surface area is 140 Å². The van der Waals surface area contributed by atoms with Crippen LogP contribution in [0.15, 0.2) is 42.9 Å². The van der Waals surface area contributed by atoms with E-state index in [1.54, 1.807) is 12.4 Å². The van der Waals surface area contributed by atoms with Gasteiger partial charge in [0.05, 0.1) is 23.1 Å². The lowest BCUT2D eigenvalue weighted by Crippen LogP contribution is -2.00. The topological polar surface area (TPSA) is 55.6 Å². The van der Waals surface area contributed by atoms with Crippen LogP contribution >= 0.6 is 11.6 Å². The molecule has 0 aliphatic heterocycles. The summed E-state index contributed by atoms with van der Waals surface area (Å²) in [5.41, 5.74) is 3.64. The average molecular weight is 328 g/mol. The molecule has 0 fully saturated rings. The van der Waals surface area contributed by atoms with E-state index in [9.17, 15) is 0 Å². The zero-order valence-corrected chi connectivity index (χ0v) is 14.0. The maximum Gasteiger partial charge on any atom is 0.227 e. The Bertz CT molecular complexity index is 825. The first-order valence-corrected chi connectivity index (χ1v) is 7.82. The lowest BCUT2D eigenvalue weighted by Gasteiger charge is -2.09. The Hall–Kier alpha value is -2.40. The van der Waals surface area contributed by atoms with Gasteiger partial charge >= 0.3 is 0 Å². The fourth-order valence-corrected chi connectivity index (χ4v) is 2.41. The van der Waals surface area contributed by atoms with Crippen LogP contribution in [-0.2, 0) is 0 Å². The molecule has 0 unspecified atom stereocenters. The Kier molecular flexibility index (Phi) is 4.30. The third kappa shape index (κ3) is 3.35. The minimum atomic E-state index is 0.286. The normalized spacial score (nSPS) is 11.0. The monoisotopic (exact) mass is 327 g/mol. The van der Waals surface area contributed by atoms with E-state index < -0.39 is 0 Å². The highest BCUT2D eigenvalue weighted by molar-refractivity contribution is 6.32. The number of hydrogen-bond donors (Lipinski definition) is 1. The summed E-state index contributed by atoms with van der Waals surface area (Å²) in [6.45, 7) is 6.18. The van der Waals surface area contributed by atoms with Gasteiger partial charge in [-0.1, -0.05) is 29.8 Å². The smallest absolute Gasteiger partial charge is 0.227 e. The van der Waals surface area contributed by atoms with Crippen molar-refractivity contribution in [1.29, 1.82) is 0 Å². The largest absolute Gasteiger partial charge is 0.324 e. The van der Waals surface area contributed by atoms with E-state index in [4.69, 9.17) is 11.6 Å². The standard InChI is InChI=1S/C17H18ClN5/c1-11(2)23-10-13(8-20-23)16-14(18)9-19-17(22-16)21-15-7-5-4-6-12(15)3/h4-11H,1-3H3,(H,19,21,22). The van der Waals surface area contributed by atoms with E-state index >= 15 is 0 Å². The van der Waals surface area contributed by atoms with Crippen LogP contribution in [0.25, 0.3) is 11.3 Å². The number of aromatic nitrogens is 4. The second-order valence-corrected chi connectivity index (χ2v) is 6.04. The Balaban J connectivity index is 1.94. The van der Waals surface area contributed by atoms with Crippen LogP contribution in [0.2, 0.25) is 5.02 Å². The van der Waals surface area contributed by atoms with E-state index in [-0.39, 0.29) is 6.04 Å². The molecule has 23 heavy (non-hydrogen) atoms. The molecule has 1 N–H and O–H groups in total. The minimum Gasteiger partial charge on any atom is -0.324 e. The molecule has 3 rings (SSSR count). The molecule has 0 aliphatic rings. The summed E-state index contributed by atoms with van der Waals surface area (Å²) < 4.78 is 1.88. The van der Waals surface area contributed by atoms with Gasteiger partial charge in [-0.15, -0.1) is 0 Å². The summed E-state index contributed by atoms with van der Waals surface area (Å²) in [7, 11) is 0. The summed E-state index contributed by atoms with van der Waals surface area (Å²) in [4.78, 5) is 8.81. The maximum atomic E-state index is 6.26. The van der Waals surface area contributed by atoms with Crippen molar-refractivity contribution < 1.29 is 0 Å². The molecule has 5 nitrogen and oxygen atoms in total. The quantitative estimate of drug-likeness (QED) is 0.759. The Morgan fingerprint density at radius 3 is 2.65 bits per heavy atom. The van der Waals surface area contributed by atoms with Gasteiger partial charge in [-0.25, -0.2) is 9.97 Å². The summed E-state index contributed by atoms with van der Waals surface area (Å²) in [6.07, 6.45) is 5.32. The van der Waals surface area contributed by atoms with Gasteiger partial charge < -0.3 is 5.32 Å². The number of nitrogens with one attached hydrogen (secondary N) is 1. The zero-order valence-electron chi connectivity index (χ0n) is 13.3. The van der Waals surface area contributed by atoms with E-state index in [0.29, 0.717) is 16.7 Å². The molecule has 0 aliphatic carbocycles. The van der Waals surface area contributed by atoms with Gasteiger partial charge in [0, 0.05) is 23.5 Å². The van der Waals surface area contributed by atoms with E-state index in [0.717, 1.165) is 16.8 Å². The number of rotatable bonds is 4. The summed E-state index contributed by atoms with van der Waals surface area (Å²) in [6, 6.07) is 8.28. The molecule has 0 bridgehead atoms. The van der Waals surface area contributed by atoms with Crippen molar-refractivity contribution in [2.45, 2.75) is 26.8 Å². The highest BCUT2D eigenvalue weighted by Gasteiger charge is 2.12. The highest BCUT2D eigenvalue weighted by Crippen LogP contribution is 2.27. The molecule has 118 valence electrons. The number of aryl methyl sites for hydroxylation is 1. The third-order valence-corrected chi connectivity index (χ3v) is 3.82. The van der Waals surface area contributed by atoms with Gasteiger partial charge in [0.15, 0.2) is 0 Å². The van der Waals surface area contributed by atoms with Crippen molar-refractivity contribution in [3.63, 3.8) is 0 Å². The summed E-state index contributed by atoms with van der Waals surface area (Å²) in [5.74, 6) is 0.510. The SMILES string of the molecule is Cc1ccccc1Nc1ncc(Cl)c(-c2cnn(C(C)C)c2)n1. The van der Waals surface area contributed by atoms with Crippen LogP contribution in [-0.4, -0.2) is 19.7 Å². The van der Waals surface area contributed by atoms with Crippen LogP contribution in [0, 0.1) is 6.92 Å². The van der Waals surface area contributed by atoms with Gasteiger partial charge in [-0.05, 0) is 32.4 Å². The summed E-state index contributed by atoms with van der Waals surface area (Å²) >= 11 is 6.26. The second kappa shape index (κ2) is 6.38. The first-order chi connectivity index (χ1) is 11.0. The molecular weight excluding hydrogens is 310 g/mol. The van der Waals surface area contributed by atoms with Crippen LogP contribution < -0.4 is 5.32 Å². The lowest BCUT2D eigenvalue weighted by molar-refractivity contribution is 0.532. The van der Waals surface area contributed by atoms with Crippen molar-refractivity contribution in [2.24, 2.45) is 0 Å². The number of anilines is 2. The van der Waals surface area contributed by atoms with E-state index in [2.05, 4.69) is 34.2 Å². The molecule has 0 amide bonds. The predicted octanol–water partition coefficient (Wildman–Crippen LogP) is 4.63. The van der Waals surface area contributed by atoms with Gasteiger partial charge in [-0.3, -0.25) is 4.68 Å². The molecule has 2 aromatic heterocycles. The molecule has 2 heterocycles. The molecule has 0 saturated carbocycles. The third-order valence-electron chi connectivity index (χ3n) is 3.54. The molecule has 1 aromatic carbocycles. The van der Waals surface area contributed by atoms with Gasteiger partial charge in [0.1, 0.15) is 0 Å². The van der Waals surface area contributed by atoms with Gasteiger partial charge in [0.2, 0.25) is 5.95 Å². The van der Waals surface area contributed by atoms with Crippen LogP contribution in [0.4, 0.5) is 11.6 Å². The molecular formula is C17H18ClN5. The predicted molar refractivity (Wildman–Crippen MR) is 93.1 cm³/mol. The first kappa shape index (κ1) is 15.5. The van der Waals surface area contributed by atoms with Crippen molar-refractivity contribution in [1.82, 2.24) is 19.7 Å². The Morgan fingerprint density at radius 1 is 1.17 bits per heavy atom. The fraction of sp³-hybridized carbons (Fsp3) is 0.235. The number of hydrogen-bond acceptors (Lipinski definition) is 4. The molecule has 3 aromatic rings. The minimum absolute atomic E-state index is 0.286. The van der Waals surface area contributed by atoms with E-state index in [1.165, 1.54) is 0 Å².